The van der Waals surface area contributed by atoms with E-state index in [0.29, 0.717) is 0 Å². The molecule has 0 atom stereocenters. The number of hydrogen-bond acceptors (Lipinski definition) is 2. The number of esters is 1. The Labute approximate surface area is 228 Å². The second kappa shape index (κ2) is 9.58. The van der Waals surface area contributed by atoms with E-state index < -0.39 is 5.60 Å². The number of fused-ring (bicyclic) bond motifs is 1. The molecule has 0 unspecified atom stereocenters. The van der Waals surface area contributed by atoms with Crippen molar-refractivity contribution >= 4 is 16.7 Å². The highest BCUT2D eigenvalue weighted by Crippen LogP contribution is 2.58. The molecule has 2 nitrogen and oxygen atoms in total. The summed E-state index contributed by atoms with van der Waals surface area (Å²) in [4.78, 5) is 14.2. The molecule has 0 bridgehead atoms. The van der Waals surface area contributed by atoms with Gasteiger partial charge in [0, 0.05) is 22.0 Å². The Hall–Kier alpha value is -2.09. The summed E-state index contributed by atoms with van der Waals surface area (Å²) >= 11 is 0. The number of benzene rings is 2. The zero-order chi connectivity index (χ0) is 29.2. The first kappa shape index (κ1) is 31.1. The van der Waals surface area contributed by atoms with E-state index in [4.69, 9.17) is 4.74 Å². The van der Waals surface area contributed by atoms with Crippen molar-refractivity contribution in [1.29, 1.82) is 0 Å². The molecular weight excluding hydrogens is 452 g/mol. The van der Waals surface area contributed by atoms with Crippen LogP contribution in [0.4, 0.5) is 0 Å². The molecule has 0 heterocycles. The van der Waals surface area contributed by atoms with Crippen LogP contribution in [0.3, 0.4) is 0 Å². The van der Waals surface area contributed by atoms with E-state index >= 15 is 0 Å². The lowest BCUT2D eigenvalue weighted by Gasteiger charge is -2.54. The molecule has 0 aliphatic rings. The fraction of sp³-hybridized carbons (Fsp3) is 0.629. The molecule has 2 rings (SSSR count). The van der Waals surface area contributed by atoms with E-state index in [0.717, 1.165) is 11.1 Å². The molecule has 0 radical (unpaired) electrons. The average Bonchev–Trinajstić information content (AvgIpc) is 2.69. The molecule has 0 amide bonds. The van der Waals surface area contributed by atoms with Gasteiger partial charge in [0.1, 0.15) is 5.60 Å². The SMILES string of the molecule is CC(C)=C(C(=O)OC(c1c(C)c(C)c2c(C)c(C)c(C)c(C)c2c1C)(C(C)(C)C)C(C)(C)C)C(C)(C)C. The van der Waals surface area contributed by atoms with E-state index in [1.165, 1.54) is 55.3 Å². The van der Waals surface area contributed by atoms with E-state index in [1.807, 2.05) is 13.8 Å². The number of rotatable bonds is 3. The number of carbonyl (C=O) groups excluding carboxylic acids is 1. The van der Waals surface area contributed by atoms with Crippen LogP contribution < -0.4 is 0 Å². The molecule has 0 fully saturated rings. The summed E-state index contributed by atoms with van der Waals surface area (Å²) in [5, 5.41) is 2.66. The molecule has 206 valence electrons. The average molecular weight is 507 g/mol. The van der Waals surface area contributed by atoms with Crippen LogP contribution in [0.15, 0.2) is 11.1 Å². The summed E-state index contributed by atoms with van der Waals surface area (Å²) < 4.78 is 7.00. The lowest BCUT2D eigenvalue weighted by molar-refractivity contribution is -0.199. The minimum absolute atomic E-state index is 0.207. The van der Waals surface area contributed by atoms with Gasteiger partial charge in [0.05, 0.1) is 0 Å². The summed E-state index contributed by atoms with van der Waals surface area (Å²) in [5.41, 5.74) is 10.1. The highest BCUT2D eigenvalue weighted by molar-refractivity contribution is 5.98. The van der Waals surface area contributed by atoms with E-state index in [1.54, 1.807) is 0 Å². The highest BCUT2D eigenvalue weighted by Gasteiger charge is 2.57. The number of aryl methyl sites for hydroxylation is 4. The normalized spacial score (nSPS) is 13.2. The first-order chi connectivity index (χ1) is 16.4. The van der Waals surface area contributed by atoms with Gasteiger partial charge in [-0.25, -0.2) is 4.79 Å². The number of ether oxygens (including phenoxy) is 1. The zero-order valence-corrected chi connectivity index (χ0v) is 27.3. The molecule has 0 saturated heterocycles. The lowest BCUT2D eigenvalue weighted by atomic mass is 9.57. The second-order valence-corrected chi connectivity index (χ2v) is 14.7. The fourth-order valence-electron chi connectivity index (χ4n) is 7.24. The smallest absolute Gasteiger partial charge is 0.335 e. The Balaban J connectivity index is 3.23. The van der Waals surface area contributed by atoms with Crippen molar-refractivity contribution in [2.75, 3.05) is 0 Å². The monoisotopic (exact) mass is 506 g/mol. The second-order valence-electron chi connectivity index (χ2n) is 14.7. The molecule has 0 aromatic heterocycles. The maximum atomic E-state index is 14.2. The van der Waals surface area contributed by atoms with Crippen LogP contribution >= 0.6 is 0 Å². The Bertz CT molecular complexity index is 1260. The minimum atomic E-state index is -0.866. The maximum absolute atomic E-state index is 14.2. The quantitative estimate of drug-likeness (QED) is 0.306. The Morgan fingerprint density at radius 3 is 1.22 bits per heavy atom. The topological polar surface area (TPSA) is 26.3 Å². The van der Waals surface area contributed by atoms with Gasteiger partial charge in [-0.1, -0.05) is 67.9 Å². The largest absolute Gasteiger partial charge is 0.450 e. The van der Waals surface area contributed by atoms with Crippen LogP contribution in [-0.4, -0.2) is 5.97 Å². The summed E-state index contributed by atoms with van der Waals surface area (Å²) in [5.74, 6) is -0.207. The fourth-order valence-corrected chi connectivity index (χ4v) is 7.24. The van der Waals surface area contributed by atoms with Crippen LogP contribution in [0.25, 0.3) is 10.8 Å². The molecule has 2 aromatic carbocycles. The standard InChI is InChI=1S/C35H54O2/c1-19(2)29(32(10,11)12)31(36)37-35(33(13,14)15,34(16,17)18)30-25(8)24(7)27-22(5)20(3)21(4)23(6)28(27)26(30)9/h1-18H3. The third-order valence-electron chi connectivity index (χ3n) is 8.91. The molecule has 0 aliphatic carbocycles. The predicted molar refractivity (Wildman–Crippen MR) is 162 cm³/mol. The van der Waals surface area contributed by atoms with Gasteiger partial charge in [-0.15, -0.1) is 0 Å². The van der Waals surface area contributed by atoms with Gasteiger partial charge in [-0.2, -0.15) is 0 Å². The first-order valence-electron chi connectivity index (χ1n) is 13.9. The highest BCUT2D eigenvalue weighted by atomic mass is 16.6. The van der Waals surface area contributed by atoms with Gasteiger partial charge in [0.25, 0.3) is 0 Å². The number of hydrogen-bond donors (Lipinski definition) is 0. The third-order valence-corrected chi connectivity index (χ3v) is 8.91. The Morgan fingerprint density at radius 2 is 0.892 bits per heavy atom. The molecule has 0 N–H and O–H groups in total. The van der Waals surface area contributed by atoms with E-state index in [-0.39, 0.29) is 22.2 Å². The van der Waals surface area contributed by atoms with Gasteiger partial charge in [0.2, 0.25) is 0 Å². The Kier molecular flexibility index (Phi) is 8.06. The molecule has 0 aliphatic heterocycles. The van der Waals surface area contributed by atoms with Crippen molar-refractivity contribution in [2.24, 2.45) is 16.2 Å². The summed E-state index contributed by atoms with van der Waals surface area (Å²) in [7, 11) is 0. The summed E-state index contributed by atoms with van der Waals surface area (Å²) in [6.07, 6.45) is 0. The number of allylic oxidation sites excluding steroid dienone is 1. The summed E-state index contributed by atoms with van der Waals surface area (Å²) in [6, 6.07) is 0. The molecular formula is C35H54O2. The number of carbonyl (C=O) groups is 1. The van der Waals surface area contributed by atoms with Crippen molar-refractivity contribution in [3.63, 3.8) is 0 Å². The molecule has 0 spiro atoms. The van der Waals surface area contributed by atoms with Crippen LogP contribution in [-0.2, 0) is 15.1 Å². The molecule has 2 heteroatoms. The molecule has 0 saturated carbocycles. The zero-order valence-electron chi connectivity index (χ0n) is 27.3. The molecule has 2 aromatic rings. The lowest BCUT2D eigenvalue weighted by Crippen LogP contribution is -2.55. The van der Waals surface area contributed by atoms with Gasteiger partial charge in [-0.05, 0) is 117 Å². The molecule has 37 heavy (non-hydrogen) atoms. The van der Waals surface area contributed by atoms with E-state index in [2.05, 4.69) is 111 Å². The van der Waals surface area contributed by atoms with Crippen molar-refractivity contribution in [2.45, 2.75) is 130 Å². The van der Waals surface area contributed by atoms with Gasteiger partial charge in [0.15, 0.2) is 0 Å². The Morgan fingerprint density at radius 1 is 0.541 bits per heavy atom. The first-order valence-corrected chi connectivity index (χ1v) is 13.9. The van der Waals surface area contributed by atoms with Crippen molar-refractivity contribution in [1.82, 2.24) is 0 Å². The van der Waals surface area contributed by atoms with E-state index in [9.17, 15) is 4.79 Å². The van der Waals surface area contributed by atoms with Crippen molar-refractivity contribution < 1.29 is 9.53 Å². The van der Waals surface area contributed by atoms with Crippen molar-refractivity contribution in [3.8, 4) is 0 Å². The third kappa shape index (κ3) is 4.79. The van der Waals surface area contributed by atoms with Gasteiger partial charge < -0.3 is 4.74 Å². The van der Waals surface area contributed by atoms with Crippen LogP contribution in [0, 0.1) is 64.7 Å². The van der Waals surface area contributed by atoms with Crippen LogP contribution in [0.1, 0.15) is 121 Å². The summed E-state index contributed by atoms with van der Waals surface area (Å²) in [6.45, 7) is 39.4. The predicted octanol–water partition coefficient (Wildman–Crippen LogP) is 10.2. The van der Waals surface area contributed by atoms with Gasteiger partial charge in [-0.3, -0.25) is 0 Å². The van der Waals surface area contributed by atoms with Crippen molar-refractivity contribution in [3.05, 3.63) is 55.7 Å². The minimum Gasteiger partial charge on any atom is -0.450 e. The van der Waals surface area contributed by atoms with Crippen LogP contribution in [0.5, 0.6) is 0 Å². The van der Waals surface area contributed by atoms with Gasteiger partial charge >= 0.3 is 5.97 Å². The maximum Gasteiger partial charge on any atom is 0.335 e. The van der Waals surface area contributed by atoms with Crippen LogP contribution in [0.2, 0.25) is 0 Å².